The monoisotopic (exact) mass is 266 g/mol. The Kier molecular flexibility index (Phi) is 3.82. The average Bonchev–Trinajstić information content (AvgIpc) is 2.48. The number of fused-ring (bicyclic) bond motifs is 1. The highest BCUT2D eigenvalue weighted by Crippen LogP contribution is 2.35. The number of hydrogen-bond acceptors (Lipinski definition) is 2. The Balaban J connectivity index is 1.68. The van der Waals surface area contributed by atoms with Crippen molar-refractivity contribution < 1.29 is 9.53 Å². The predicted octanol–water partition coefficient (Wildman–Crippen LogP) is 3.75. The van der Waals surface area contributed by atoms with E-state index in [0.29, 0.717) is 31.1 Å². The van der Waals surface area contributed by atoms with E-state index in [1.54, 1.807) is 0 Å². The van der Waals surface area contributed by atoms with E-state index in [1.165, 1.54) is 5.56 Å². The smallest absolute Gasteiger partial charge is 0.137 e. The summed E-state index contributed by atoms with van der Waals surface area (Å²) in [6, 6.07) is 18.0. The second kappa shape index (κ2) is 5.91. The fraction of sp³-hybridized carbons (Fsp3) is 0.278. The molecule has 0 saturated carbocycles. The molecule has 0 aromatic heterocycles. The fourth-order valence-electron chi connectivity index (χ4n) is 2.80. The molecule has 2 heteroatoms. The van der Waals surface area contributed by atoms with Gasteiger partial charge in [-0.1, -0.05) is 48.5 Å². The van der Waals surface area contributed by atoms with Crippen LogP contribution in [0.2, 0.25) is 0 Å². The van der Waals surface area contributed by atoms with Gasteiger partial charge in [0.2, 0.25) is 0 Å². The van der Waals surface area contributed by atoms with Crippen molar-refractivity contribution >= 4 is 5.78 Å². The van der Waals surface area contributed by atoms with Crippen LogP contribution in [0.4, 0.5) is 0 Å². The SMILES string of the molecule is O=C(Cc1ccccc1)CC1CCOc2ccccc21. The van der Waals surface area contributed by atoms with Crippen LogP contribution < -0.4 is 4.74 Å². The quantitative estimate of drug-likeness (QED) is 0.842. The minimum absolute atomic E-state index is 0.302. The molecular weight excluding hydrogens is 248 g/mol. The molecule has 0 saturated heterocycles. The Hall–Kier alpha value is -2.09. The molecule has 0 fully saturated rings. The largest absolute Gasteiger partial charge is 0.493 e. The second-order valence-corrected chi connectivity index (χ2v) is 5.28. The van der Waals surface area contributed by atoms with E-state index >= 15 is 0 Å². The Bertz CT molecular complexity index is 589. The minimum atomic E-state index is 0.302. The molecule has 1 unspecified atom stereocenters. The van der Waals surface area contributed by atoms with Gasteiger partial charge in [-0.3, -0.25) is 4.79 Å². The number of para-hydroxylation sites is 1. The predicted molar refractivity (Wildman–Crippen MR) is 79.1 cm³/mol. The molecule has 20 heavy (non-hydrogen) atoms. The Morgan fingerprint density at radius 2 is 1.80 bits per heavy atom. The summed E-state index contributed by atoms with van der Waals surface area (Å²) >= 11 is 0. The Morgan fingerprint density at radius 1 is 1.05 bits per heavy atom. The van der Waals surface area contributed by atoms with Gasteiger partial charge in [-0.05, 0) is 29.5 Å². The number of carbonyl (C=O) groups is 1. The molecule has 2 aromatic carbocycles. The molecule has 2 nitrogen and oxygen atoms in total. The number of hydrogen-bond donors (Lipinski definition) is 0. The van der Waals surface area contributed by atoms with Crippen LogP contribution in [0.5, 0.6) is 5.75 Å². The van der Waals surface area contributed by atoms with Gasteiger partial charge >= 0.3 is 0 Å². The molecule has 0 amide bonds. The van der Waals surface area contributed by atoms with Gasteiger partial charge in [0, 0.05) is 12.8 Å². The van der Waals surface area contributed by atoms with Crippen molar-refractivity contribution in [3.8, 4) is 5.75 Å². The third kappa shape index (κ3) is 2.90. The number of ketones is 1. The van der Waals surface area contributed by atoms with Crippen molar-refractivity contribution in [1.82, 2.24) is 0 Å². The summed E-state index contributed by atoms with van der Waals surface area (Å²) in [4.78, 5) is 12.2. The third-order valence-electron chi connectivity index (χ3n) is 3.80. The zero-order valence-electron chi connectivity index (χ0n) is 11.4. The number of rotatable bonds is 4. The standard InChI is InChI=1S/C18H18O2/c19-16(12-14-6-2-1-3-7-14)13-15-10-11-20-18-9-5-4-8-17(15)18/h1-9,15H,10-13H2. The van der Waals surface area contributed by atoms with Gasteiger partial charge in [-0.15, -0.1) is 0 Å². The van der Waals surface area contributed by atoms with Gasteiger partial charge in [-0.25, -0.2) is 0 Å². The van der Waals surface area contributed by atoms with Crippen LogP contribution in [0, 0.1) is 0 Å². The van der Waals surface area contributed by atoms with E-state index in [4.69, 9.17) is 4.74 Å². The first-order valence-corrected chi connectivity index (χ1v) is 7.10. The van der Waals surface area contributed by atoms with E-state index in [-0.39, 0.29) is 0 Å². The van der Waals surface area contributed by atoms with Crippen molar-refractivity contribution in [2.75, 3.05) is 6.61 Å². The van der Waals surface area contributed by atoms with Crippen molar-refractivity contribution in [2.24, 2.45) is 0 Å². The van der Waals surface area contributed by atoms with Gasteiger partial charge in [0.05, 0.1) is 6.61 Å². The van der Waals surface area contributed by atoms with Gasteiger partial charge in [0.15, 0.2) is 0 Å². The number of ether oxygens (including phenoxy) is 1. The zero-order valence-corrected chi connectivity index (χ0v) is 11.4. The fourth-order valence-corrected chi connectivity index (χ4v) is 2.80. The van der Waals surface area contributed by atoms with Gasteiger partial charge in [0.25, 0.3) is 0 Å². The molecule has 102 valence electrons. The third-order valence-corrected chi connectivity index (χ3v) is 3.80. The van der Waals surface area contributed by atoms with Crippen LogP contribution in [-0.4, -0.2) is 12.4 Å². The normalized spacial score (nSPS) is 17.1. The minimum Gasteiger partial charge on any atom is -0.493 e. The van der Waals surface area contributed by atoms with Crippen molar-refractivity contribution in [3.63, 3.8) is 0 Å². The summed E-state index contributed by atoms with van der Waals surface area (Å²) in [5.74, 6) is 1.55. The number of carbonyl (C=O) groups excluding carboxylic acids is 1. The van der Waals surface area contributed by atoms with Crippen molar-refractivity contribution in [1.29, 1.82) is 0 Å². The topological polar surface area (TPSA) is 26.3 Å². The highest BCUT2D eigenvalue weighted by Gasteiger charge is 2.23. The van der Waals surface area contributed by atoms with Crippen LogP contribution >= 0.6 is 0 Å². The first-order chi connectivity index (χ1) is 9.83. The molecule has 1 aliphatic rings. The summed E-state index contributed by atoms with van der Waals surface area (Å²) in [7, 11) is 0. The molecule has 0 aliphatic carbocycles. The highest BCUT2D eigenvalue weighted by atomic mass is 16.5. The summed E-state index contributed by atoms with van der Waals surface area (Å²) in [5.41, 5.74) is 2.28. The van der Waals surface area contributed by atoms with Gasteiger partial charge in [0.1, 0.15) is 11.5 Å². The Labute approximate surface area is 119 Å². The zero-order chi connectivity index (χ0) is 13.8. The lowest BCUT2D eigenvalue weighted by Gasteiger charge is -2.25. The second-order valence-electron chi connectivity index (χ2n) is 5.28. The summed E-state index contributed by atoms with van der Waals surface area (Å²) < 4.78 is 5.64. The lowest BCUT2D eigenvalue weighted by Crippen LogP contribution is -2.17. The van der Waals surface area contributed by atoms with E-state index in [2.05, 4.69) is 6.07 Å². The van der Waals surface area contributed by atoms with E-state index in [1.807, 2.05) is 48.5 Å². The molecule has 1 aliphatic heterocycles. The maximum Gasteiger partial charge on any atom is 0.137 e. The lowest BCUT2D eigenvalue weighted by atomic mass is 9.87. The summed E-state index contributed by atoms with van der Waals surface area (Å²) in [6.45, 7) is 0.709. The van der Waals surface area contributed by atoms with Crippen LogP contribution in [0.3, 0.4) is 0 Å². The lowest BCUT2D eigenvalue weighted by molar-refractivity contribution is -0.118. The number of benzene rings is 2. The molecule has 0 spiro atoms. The van der Waals surface area contributed by atoms with Crippen LogP contribution in [0.1, 0.15) is 29.9 Å². The summed E-state index contributed by atoms with van der Waals surface area (Å²) in [5, 5.41) is 0. The van der Waals surface area contributed by atoms with Crippen LogP contribution in [-0.2, 0) is 11.2 Å². The highest BCUT2D eigenvalue weighted by molar-refractivity contribution is 5.81. The Morgan fingerprint density at radius 3 is 2.65 bits per heavy atom. The maximum atomic E-state index is 12.2. The molecule has 1 heterocycles. The average molecular weight is 266 g/mol. The molecule has 0 N–H and O–H groups in total. The molecule has 1 atom stereocenters. The first kappa shape index (κ1) is 12.9. The van der Waals surface area contributed by atoms with Gasteiger partial charge in [-0.2, -0.15) is 0 Å². The summed E-state index contributed by atoms with van der Waals surface area (Å²) in [6.07, 6.45) is 2.06. The maximum absolute atomic E-state index is 12.2. The molecular formula is C18H18O2. The van der Waals surface area contributed by atoms with Crippen molar-refractivity contribution in [2.45, 2.75) is 25.2 Å². The van der Waals surface area contributed by atoms with Crippen LogP contribution in [0.15, 0.2) is 54.6 Å². The van der Waals surface area contributed by atoms with Crippen LogP contribution in [0.25, 0.3) is 0 Å². The molecule has 3 rings (SSSR count). The molecule has 0 radical (unpaired) electrons. The van der Waals surface area contributed by atoms with E-state index in [9.17, 15) is 4.79 Å². The molecule has 2 aromatic rings. The van der Waals surface area contributed by atoms with Crippen molar-refractivity contribution in [3.05, 3.63) is 65.7 Å². The van der Waals surface area contributed by atoms with Gasteiger partial charge < -0.3 is 4.74 Å². The first-order valence-electron chi connectivity index (χ1n) is 7.10. The van der Waals surface area contributed by atoms with E-state index in [0.717, 1.165) is 17.7 Å². The number of Topliss-reactive ketones (excluding diaryl/α,β-unsaturated/α-hetero) is 1. The molecule has 0 bridgehead atoms. The van der Waals surface area contributed by atoms with E-state index < -0.39 is 0 Å².